The van der Waals surface area contributed by atoms with E-state index >= 15 is 0 Å². The summed E-state index contributed by atoms with van der Waals surface area (Å²) in [4.78, 5) is 28.9. The minimum absolute atomic E-state index is 0.127. The van der Waals surface area contributed by atoms with E-state index in [0.717, 1.165) is 5.69 Å². The third kappa shape index (κ3) is 2.98. The number of aromatic nitrogens is 2. The first-order valence-electron chi connectivity index (χ1n) is 6.45. The van der Waals surface area contributed by atoms with E-state index in [2.05, 4.69) is 4.98 Å². The van der Waals surface area contributed by atoms with Crippen LogP contribution in [0.15, 0.2) is 65.6 Å². The van der Waals surface area contributed by atoms with Crippen molar-refractivity contribution in [1.29, 1.82) is 0 Å². The highest BCUT2D eigenvalue weighted by Gasteiger charge is 2.14. The number of hydrogen-bond acceptors (Lipinski definition) is 4. The lowest BCUT2D eigenvalue weighted by Gasteiger charge is -1.99. The molecule has 0 aliphatic carbocycles. The Bertz CT molecular complexity index is 807. The Balaban J connectivity index is 1.88. The van der Waals surface area contributed by atoms with Gasteiger partial charge in [-0.2, -0.15) is 0 Å². The van der Waals surface area contributed by atoms with Gasteiger partial charge in [-0.3, -0.25) is 18.5 Å². The summed E-state index contributed by atoms with van der Waals surface area (Å²) in [5.41, 5.74) is 1.20. The second-order valence-corrected chi connectivity index (χ2v) is 5.55. The van der Waals surface area contributed by atoms with Crippen LogP contribution >= 0.6 is 11.5 Å². The first kappa shape index (κ1) is 13.5. The molecule has 5 heteroatoms. The molecule has 3 rings (SSSR count). The Morgan fingerprint density at radius 3 is 2.57 bits per heavy atom. The molecule has 0 amide bonds. The molecule has 2 aromatic heterocycles. The SMILES string of the molecule is O=C(c1ccccc1)c1cc(=O)n(Cc2ccccn2)s1. The van der Waals surface area contributed by atoms with Crippen LogP contribution in [0.4, 0.5) is 0 Å². The van der Waals surface area contributed by atoms with Crippen LogP contribution in [0.2, 0.25) is 0 Å². The van der Waals surface area contributed by atoms with Gasteiger partial charge in [0.2, 0.25) is 5.78 Å². The fraction of sp³-hybridized carbons (Fsp3) is 0.0625. The standard InChI is InChI=1S/C16H12N2O2S/c19-15-10-14(16(20)12-6-2-1-3-7-12)21-18(15)11-13-8-4-5-9-17-13/h1-10H,11H2. The summed E-state index contributed by atoms with van der Waals surface area (Å²) in [6.07, 6.45) is 1.68. The van der Waals surface area contributed by atoms with Crippen molar-refractivity contribution in [3.8, 4) is 0 Å². The van der Waals surface area contributed by atoms with E-state index in [9.17, 15) is 9.59 Å². The van der Waals surface area contributed by atoms with Crippen molar-refractivity contribution in [3.05, 3.63) is 87.3 Å². The molecule has 2 heterocycles. The fourth-order valence-corrected chi connectivity index (χ4v) is 2.89. The van der Waals surface area contributed by atoms with E-state index in [0.29, 0.717) is 17.0 Å². The number of carbonyl (C=O) groups is 1. The minimum atomic E-state index is -0.176. The van der Waals surface area contributed by atoms with E-state index < -0.39 is 0 Å². The van der Waals surface area contributed by atoms with Crippen LogP contribution < -0.4 is 5.56 Å². The van der Waals surface area contributed by atoms with Crippen LogP contribution in [-0.2, 0) is 6.54 Å². The Labute approximate surface area is 125 Å². The molecular formula is C16H12N2O2S. The molecule has 0 spiro atoms. The van der Waals surface area contributed by atoms with E-state index in [4.69, 9.17) is 0 Å². The molecule has 104 valence electrons. The number of rotatable bonds is 4. The zero-order chi connectivity index (χ0) is 14.7. The Hall–Kier alpha value is -2.53. The average molecular weight is 296 g/mol. The molecule has 0 fully saturated rings. The fourth-order valence-electron chi connectivity index (χ4n) is 1.96. The van der Waals surface area contributed by atoms with Crippen LogP contribution in [0.25, 0.3) is 0 Å². The van der Waals surface area contributed by atoms with Crippen molar-refractivity contribution in [2.75, 3.05) is 0 Å². The summed E-state index contributed by atoms with van der Waals surface area (Å²) in [5.74, 6) is -0.127. The number of benzene rings is 1. The molecule has 0 aliphatic rings. The summed E-state index contributed by atoms with van der Waals surface area (Å²) in [6.45, 7) is 0.381. The molecule has 0 saturated carbocycles. The van der Waals surface area contributed by atoms with Gasteiger partial charge in [-0.15, -0.1) is 0 Å². The van der Waals surface area contributed by atoms with Gasteiger partial charge in [0.25, 0.3) is 5.56 Å². The number of hydrogen-bond donors (Lipinski definition) is 0. The number of ketones is 1. The van der Waals surface area contributed by atoms with Crippen molar-refractivity contribution < 1.29 is 4.79 Å². The first-order chi connectivity index (χ1) is 10.2. The van der Waals surface area contributed by atoms with Crippen molar-refractivity contribution >= 4 is 17.3 Å². The summed E-state index contributed by atoms with van der Waals surface area (Å²) < 4.78 is 1.54. The van der Waals surface area contributed by atoms with Gasteiger partial charge >= 0.3 is 0 Å². The van der Waals surface area contributed by atoms with Crippen LogP contribution in [0, 0.1) is 0 Å². The lowest BCUT2D eigenvalue weighted by molar-refractivity contribution is 0.104. The normalized spacial score (nSPS) is 10.5. The van der Waals surface area contributed by atoms with Crippen LogP contribution in [0.3, 0.4) is 0 Å². The number of carbonyl (C=O) groups excluding carboxylic acids is 1. The summed E-state index contributed by atoms with van der Waals surface area (Å²) in [7, 11) is 0. The Morgan fingerprint density at radius 1 is 1.10 bits per heavy atom. The summed E-state index contributed by atoms with van der Waals surface area (Å²) in [5, 5.41) is 0. The van der Waals surface area contributed by atoms with Crippen LogP contribution in [0.5, 0.6) is 0 Å². The molecule has 1 aromatic carbocycles. The van der Waals surface area contributed by atoms with Gasteiger partial charge in [0.15, 0.2) is 0 Å². The Kier molecular flexibility index (Phi) is 3.75. The lowest BCUT2D eigenvalue weighted by atomic mass is 10.1. The Morgan fingerprint density at radius 2 is 1.86 bits per heavy atom. The maximum Gasteiger partial charge on any atom is 0.261 e. The number of pyridine rings is 1. The molecule has 0 saturated heterocycles. The zero-order valence-electron chi connectivity index (χ0n) is 11.1. The van der Waals surface area contributed by atoms with Gasteiger partial charge in [0.1, 0.15) is 0 Å². The molecule has 0 atom stereocenters. The second kappa shape index (κ2) is 5.85. The van der Waals surface area contributed by atoms with E-state index in [1.54, 1.807) is 34.4 Å². The van der Waals surface area contributed by atoms with Gasteiger partial charge in [-0.05, 0) is 12.1 Å². The maximum absolute atomic E-state index is 12.3. The largest absolute Gasteiger partial charge is 0.288 e. The highest BCUT2D eigenvalue weighted by molar-refractivity contribution is 7.08. The monoisotopic (exact) mass is 296 g/mol. The van der Waals surface area contributed by atoms with Gasteiger partial charge in [-0.25, -0.2) is 0 Å². The second-order valence-electron chi connectivity index (χ2n) is 4.49. The molecule has 21 heavy (non-hydrogen) atoms. The third-order valence-electron chi connectivity index (χ3n) is 3.00. The quantitative estimate of drug-likeness (QED) is 0.695. The van der Waals surface area contributed by atoms with Crippen molar-refractivity contribution in [1.82, 2.24) is 8.94 Å². The maximum atomic E-state index is 12.3. The predicted molar refractivity (Wildman–Crippen MR) is 81.8 cm³/mol. The molecule has 0 N–H and O–H groups in total. The van der Waals surface area contributed by atoms with Crippen LogP contribution in [-0.4, -0.2) is 14.7 Å². The number of nitrogens with zero attached hydrogens (tertiary/aromatic N) is 2. The summed E-state index contributed by atoms with van der Waals surface area (Å²) >= 11 is 1.17. The smallest absolute Gasteiger partial charge is 0.261 e. The van der Waals surface area contributed by atoms with Crippen molar-refractivity contribution in [3.63, 3.8) is 0 Å². The predicted octanol–water partition coefficient (Wildman–Crippen LogP) is 2.58. The first-order valence-corrected chi connectivity index (χ1v) is 7.22. The summed E-state index contributed by atoms with van der Waals surface area (Å²) in [6, 6.07) is 15.9. The molecule has 0 unspecified atom stereocenters. The van der Waals surface area contributed by atoms with Gasteiger partial charge < -0.3 is 0 Å². The highest BCUT2D eigenvalue weighted by atomic mass is 32.1. The molecule has 3 aromatic rings. The van der Waals surface area contributed by atoms with Gasteiger partial charge in [-0.1, -0.05) is 47.9 Å². The van der Waals surface area contributed by atoms with Gasteiger partial charge in [0.05, 0.1) is 17.1 Å². The molecule has 0 aliphatic heterocycles. The molecule has 0 bridgehead atoms. The van der Waals surface area contributed by atoms with Crippen molar-refractivity contribution in [2.45, 2.75) is 6.54 Å². The minimum Gasteiger partial charge on any atom is -0.288 e. The van der Waals surface area contributed by atoms with Gasteiger partial charge in [0, 0.05) is 17.8 Å². The van der Waals surface area contributed by atoms with E-state index in [1.165, 1.54) is 17.6 Å². The zero-order valence-corrected chi connectivity index (χ0v) is 11.9. The average Bonchev–Trinajstić information content (AvgIpc) is 2.89. The van der Waals surface area contributed by atoms with Crippen molar-refractivity contribution in [2.24, 2.45) is 0 Å². The van der Waals surface area contributed by atoms with E-state index in [-0.39, 0.29) is 11.3 Å². The third-order valence-corrected chi connectivity index (χ3v) is 4.03. The van der Waals surface area contributed by atoms with E-state index in [1.807, 2.05) is 24.3 Å². The molecular weight excluding hydrogens is 284 g/mol. The lowest BCUT2D eigenvalue weighted by Crippen LogP contribution is -2.13. The molecule has 4 nitrogen and oxygen atoms in total. The topological polar surface area (TPSA) is 52.0 Å². The van der Waals surface area contributed by atoms with Crippen LogP contribution in [0.1, 0.15) is 20.9 Å². The highest BCUT2D eigenvalue weighted by Crippen LogP contribution is 2.13. The molecule has 0 radical (unpaired) electrons.